The van der Waals surface area contributed by atoms with Crippen molar-refractivity contribution in [2.24, 2.45) is 0 Å². The summed E-state index contributed by atoms with van der Waals surface area (Å²) in [5, 5.41) is 12.4. The zero-order valence-electron chi connectivity index (χ0n) is 10.5. The van der Waals surface area contributed by atoms with Crippen molar-refractivity contribution in [1.82, 2.24) is 0 Å². The van der Waals surface area contributed by atoms with Gasteiger partial charge in [-0.15, -0.1) is 0 Å². The van der Waals surface area contributed by atoms with Crippen molar-refractivity contribution in [3.05, 3.63) is 23.8 Å². The summed E-state index contributed by atoms with van der Waals surface area (Å²) in [7, 11) is 0. The van der Waals surface area contributed by atoms with E-state index in [-0.39, 0.29) is 11.4 Å². The summed E-state index contributed by atoms with van der Waals surface area (Å²) >= 11 is 0. The third-order valence-electron chi connectivity index (χ3n) is 2.87. The Morgan fingerprint density at radius 3 is 2.28 bits per heavy atom. The zero-order valence-corrected chi connectivity index (χ0v) is 10.5. The van der Waals surface area contributed by atoms with Gasteiger partial charge >= 0.3 is 6.18 Å². The Labute approximate surface area is 104 Å². The molecule has 0 saturated carbocycles. The summed E-state index contributed by atoms with van der Waals surface area (Å²) in [6, 6.07) is 3.59. The molecule has 0 spiro atoms. The molecule has 102 valence electrons. The molecule has 0 saturated heterocycles. The lowest BCUT2D eigenvalue weighted by Gasteiger charge is -2.31. The first kappa shape index (κ1) is 14.6. The van der Waals surface area contributed by atoms with Crippen molar-refractivity contribution in [2.75, 3.05) is 11.1 Å². The molecule has 1 aromatic rings. The molecule has 0 radical (unpaired) electrons. The number of aliphatic hydroxyl groups excluding tert-OH is 1. The molecule has 1 aromatic carbocycles. The Bertz CT molecular complexity index is 428. The number of hydrogen-bond donors (Lipinski definition) is 3. The Morgan fingerprint density at radius 1 is 1.28 bits per heavy atom. The zero-order chi connectivity index (χ0) is 14.1. The minimum absolute atomic E-state index is 0.266. The van der Waals surface area contributed by atoms with Crippen LogP contribution in [0.15, 0.2) is 18.2 Å². The molecule has 0 aliphatic carbocycles. The molecule has 0 aliphatic rings. The first-order valence-corrected chi connectivity index (χ1v) is 5.47. The van der Waals surface area contributed by atoms with Gasteiger partial charge in [-0.3, -0.25) is 0 Å². The fraction of sp³-hybridized carbons (Fsp3) is 0.500. The molecule has 18 heavy (non-hydrogen) atoms. The van der Waals surface area contributed by atoms with Gasteiger partial charge in [-0.05, 0) is 39.0 Å². The van der Waals surface area contributed by atoms with Crippen molar-refractivity contribution in [1.29, 1.82) is 0 Å². The van der Waals surface area contributed by atoms with Gasteiger partial charge in [0.05, 0.1) is 17.2 Å². The molecule has 0 amide bonds. The minimum Gasteiger partial charge on any atom is -0.398 e. The van der Waals surface area contributed by atoms with Crippen LogP contribution in [-0.2, 0) is 6.18 Å². The van der Waals surface area contributed by atoms with Gasteiger partial charge in [0.2, 0.25) is 0 Å². The highest BCUT2D eigenvalue weighted by molar-refractivity contribution is 5.59. The van der Waals surface area contributed by atoms with Crippen LogP contribution in [0.4, 0.5) is 24.5 Å². The molecule has 4 N–H and O–H groups in total. The Morgan fingerprint density at radius 2 is 1.83 bits per heavy atom. The van der Waals surface area contributed by atoms with Crippen molar-refractivity contribution in [2.45, 2.75) is 38.6 Å². The fourth-order valence-electron chi connectivity index (χ4n) is 1.36. The maximum absolute atomic E-state index is 12.7. The van der Waals surface area contributed by atoms with E-state index in [2.05, 4.69) is 5.32 Å². The first-order chi connectivity index (χ1) is 8.04. The number of hydrogen-bond acceptors (Lipinski definition) is 3. The fourth-order valence-corrected chi connectivity index (χ4v) is 1.36. The minimum atomic E-state index is -4.49. The Kier molecular flexibility index (Phi) is 3.81. The number of anilines is 2. The van der Waals surface area contributed by atoms with E-state index in [0.29, 0.717) is 0 Å². The number of nitrogens with one attached hydrogen (secondary N) is 1. The van der Waals surface area contributed by atoms with Crippen LogP contribution in [0.2, 0.25) is 0 Å². The SMILES string of the molecule is CC(O)C(C)(C)Nc1ccc(N)c(C(F)(F)F)c1. The highest BCUT2D eigenvalue weighted by atomic mass is 19.4. The van der Waals surface area contributed by atoms with E-state index in [1.54, 1.807) is 20.8 Å². The van der Waals surface area contributed by atoms with Gasteiger partial charge in [0.15, 0.2) is 0 Å². The molecule has 0 fully saturated rings. The van der Waals surface area contributed by atoms with Crippen LogP contribution < -0.4 is 11.1 Å². The molecule has 1 atom stereocenters. The van der Waals surface area contributed by atoms with Crippen molar-refractivity contribution in [3.8, 4) is 0 Å². The van der Waals surface area contributed by atoms with Gasteiger partial charge in [-0.1, -0.05) is 0 Å². The molecule has 6 heteroatoms. The lowest BCUT2D eigenvalue weighted by atomic mass is 9.98. The van der Waals surface area contributed by atoms with Gasteiger partial charge in [-0.25, -0.2) is 0 Å². The van der Waals surface area contributed by atoms with E-state index < -0.39 is 23.4 Å². The van der Waals surface area contributed by atoms with E-state index in [9.17, 15) is 18.3 Å². The smallest absolute Gasteiger partial charge is 0.398 e. The van der Waals surface area contributed by atoms with E-state index in [1.165, 1.54) is 12.1 Å². The quantitative estimate of drug-likeness (QED) is 0.734. The topological polar surface area (TPSA) is 58.3 Å². The van der Waals surface area contributed by atoms with Crippen molar-refractivity contribution in [3.63, 3.8) is 0 Å². The number of aliphatic hydroxyl groups is 1. The second-order valence-corrected chi connectivity index (χ2v) is 4.82. The molecule has 1 unspecified atom stereocenters. The molecule has 0 bridgehead atoms. The van der Waals surface area contributed by atoms with E-state index in [1.807, 2.05) is 0 Å². The van der Waals surface area contributed by atoms with Crippen LogP contribution in [0.3, 0.4) is 0 Å². The monoisotopic (exact) mass is 262 g/mol. The number of nitrogens with two attached hydrogens (primary N) is 1. The number of alkyl halides is 3. The number of rotatable bonds is 3. The van der Waals surface area contributed by atoms with Crippen LogP contribution in [0.25, 0.3) is 0 Å². The first-order valence-electron chi connectivity index (χ1n) is 5.47. The normalized spacial score (nSPS) is 14.4. The number of nitrogen functional groups attached to an aromatic ring is 1. The van der Waals surface area contributed by atoms with Gasteiger partial charge in [0, 0.05) is 11.4 Å². The lowest BCUT2D eigenvalue weighted by molar-refractivity contribution is -0.136. The third kappa shape index (κ3) is 3.29. The standard InChI is InChI=1S/C12H17F3N2O/c1-7(18)11(2,3)17-8-4-5-10(16)9(6-8)12(13,14)15/h4-7,17-18H,16H2,1-3H3. The predicted octanol–water partition coefficient (Wildman–Crippen LogP) is 2.86. The Hall–Kier alpha value is -1.43. The average Bonchev–Trinajstić information content (AvgIpc) is 2.18. The largest absolute Gasteiger partial charge is 0.418 e. The molecular formula is C12H17F3N2O. The molecule has 3 nitrogen and oxygen atoms in total. The summed E-state index contributed by atoms with van der Waals surface area (Å²) < 4.78 is 38.0. The predicted molar refractivity (Wildman–Crippen MR) is 65.2 cm³/mol. The molecule has 0 aliphatic heterocycles. The third-order valence-corrected chi connectivity index (χ3v) is 2.87. The van der Waals surface area contributed by atoms with Crippen molar-refractivity contribution < 1.29 is 18.3 Å². The second kappa shape index (κ2) is 4.68. The van der Waals surface area contributed by atoms with Gasteiger partial charge in [-0.2, -0.15) is 13.2 Å². The highest BCUT2D eigenvalue weighted by Gasteiger charge is 2.33. The summed E-state index contributed by atoms with van der Waals surface area (Å²) in [6.07, 6.45) is -5.21. The number of halogens is 3. The van der Waals surface area contributed by atoms with Crippen LogP contribution in [0.5, 0.6) is 0 Å². The molecular weight excluding hydrogens is 245 g/mol. The number of benzene rings is 1. The maximum Gasteiger partial charge on any atom is 0.418 e. The van der Waals surface area contributed by atoms with Gasteiger partial charge in [0.25, 0.3) is 0 Å². The van der Waals surface area contributed by atoms with Crippen LogP contribution in [0.1, 0.15) is 26.3 Å². The summed E-state index contributed by atoms with van der Waals surface area (Å²) in [6.45, 7) is 4.96. The van der Waals surface area contributed by atoms with Gasteiger partial charge < -0.3 is 16.2 Å². The lowest BCUT2D eigenvalue weighted by Crippen LogP contribution is -2.41. The summed E-state index contributed by atoms with van der Waals surface area (Å²) in [5.41, 5.74) is 3.63. The van der Waals surface area contributed by atoms with E-state index >= 15 is 0 Å². The van der Waals surface area contributed by atoms with Gasteiger partial charge in [0.1, 0.15) is 0 Å². The average molecular weight is 262 g/mol. The van der Waals surface area contributed by atoms with E-state index in [0.717, 1.165) is 6.07 Å². The maximum atomic E-state index is 12.7. The second-order valence-electron chi connectivity index (χ2n) is 4.82. The molecule has 1 rings (SSSR count). The highest BCUT2D eigenvalue weighted by Crippen LogP contribution is 2.35. The van der Waals surface area contributed by atoms with E-state index in [4.69, 9.17) is 5.73 Å². The van der Waals surface area contributed by atoms with Crippen LogP contribution in [-0.4, -0.2) is 16.7 Å². The van der Waals surface area contributed by atoms with Crippen LogP contribution in [0, 0.1) is 0 Å². The van der Waals surface area contributed by atoms with Crippen molar-refractivity contribution >= 4 is 11.4 Å². The molecule has 0 heterocycles. The molecule has 0 aromatic heterocycles. The summed E-state index contributed by atoms with van der Waals surface area (Å²) in [5.74, 6) is 0. The summed E-state index contributed by atoms with van der Waals surface area (Å²) in [4.78, 5) is 0. The van der Waals surface area contributed by atoms with Crippen LogP contribution >= 0.6 is 0 Å². The Balaban J connectivity index is 3.07.